The Morgan fingerprint density at radius 3 is 2.41 bits per heavy atom. The Kier molecular flexibility index (Phi) is 15.0. The van der Waals surface area contributed by atoms with Gasteiger partial charge in [0.1, 0.15) is 18.2 Å². The van der Waals surface area contributed by atoms with E-state index in [1.807, 2.05) is 65.8 Å². The van der Waals surface area contributed by atoms with Crippen LogP contribution in [0, 0.1) is 11.3 Å². The summed E-state index contributed by atoms with van der Waals surface area (Å²) in [6.45, 7) is 11.3. The number of carbonyl (C=O) groups excluding carboxylic acids is 4. The molecule has 4 unspecified atom stereocenters. The molecule has 10 nitrogen and oxygen atoms in total. The Hall–Kier alpha value is -4.08. The molecule has 1 rings (SSSR count). The summed E-state index contributed by atoms with van der Waals surface area (Å²) in [6.07, 6.45) is 16.9. The molecule has 0 aliphatic carbocycles. The van der Waals surface area contributed by atoms with Crippen LogP contribution in [0.1, 0.15) is 60.8 Å². The molecule has 1 aliphatic heterocycles. The van der Waals surface area contributed by atoms with Crippen LogP contribution < -0.4 is 16.4 Å². The molecule has 0 aromatic heterocycles. The van der Waals surface area contributed by atoms with E-state index in [1.54, 1.807) is 24.3 Å². The lowest BCUT2D eigenvalue weighted by Crippen LogP contribution is -2.52. The fourth-order valence-electron chi connectivity index (χ4n) is 3.92. The molecule has 10 heteroatoms. The van der Waals surface area contributed by atoms with E-state index in [1.165, 1.54) is 19.4 Å². The van der Waals surface area contributed by atoms with Gasteiger partial charge >= 0.3 is 12.1 Å². The molecule has 0 spiro atoms. The van der Waals surface area contributed by atoms with Crippen LogP contribution in [0.15, 0.2) is 72.2 Å². The van der Waals surface area contributed by atoms with E-state index < -0.39 is 35.5 Å². The number of rotatable bonds is 14. The minimum absolute atomic E-state index is 0.0135. The first-order valence-electron chi connectivity index (χ1n) is 13.6. The van der Waals surface area contributed by atoms with E-state index in [2.05, 4.69) is 10.6 Å². The van der Waals surface area contributed by atoms with Gasteiger partial charge in [0.25, 0.3) is 0 Å². The van der Waals surface area contributed by atoms with Gasteiger partial charge in [-0.3, -0.25) is 9.59 Å². The predicted molar refractivity (Wildman–Crippen MR) is 158 cm³/mol. The number of cyclic esters (lactones) is 1. The first-order chi connectivity index (χ1) is 19.3. The summed E-state index contributed by atoms with van der Waals surface area (Å²) < 4.78 is 15.5. The molecule has 226 valence electrons. The van der Waals surface area contributed by atoms with Gasteiger partial charge < -0.3 is 30.6 Å². The van der Waals surface area contributed by atoms with Crippen molar-refractivity contribution in [2.24, 2.45) is 17.1 Å². The predicted octanol–water partition coefficient (Wildman–Crippen LogP) is 4.51. The number of methoxy groups -OCH3 is 1. The molecule has 0 aromatic carbocycles. The smallest absolute Gasteiger partial charge is 0.404 e. The van der Waals surface area contributed by atoms with Gasteiger partial charge in [-0.1, -0.05) is 75.8 Å². The molecule has 0 aromatic rings. The van der Waals surface area contributed by atoms with Crippen molar-refractivity contribution in [3.63, 3.8) is 0 Å². The van der Waals surface area contributed by atoms with Crippen LogP contribution in [-0.2, 0) is 28.6 Å². The Morgan fingerprint density at radius 1 is 1.17 bits per heavy atom. The zero-order valence-electron chi connectivity index (χ0n) is 25.1. The normalized spacial score (nSPS) is 18.7. The summed E-state index contributed by atoms with van der Waals surface area (Å²) in [6, 6.07) is -0.803. The van der Waals surface area contributed by atoms with E-state index >= 15 is 0 Å². The van der Waals surface area contributed by atoms with Crippen LogP contribution in [0.25, 0.3) is 0 Å². The number of carbonyl (C=O) groups is 4. The highest BCUT2D eigenvalue weighted by molar-refractivity contribution is 5.93. The van der Waals surface area contributed by atoms with Gasteiger partial charge in [-0.15, -0.1) is 0 Å². The van der Waals surface area contributed by atoms with Crippen LogP contribution in [0.3, 0.4) is 0 Å². The zero-order valence-corrected chi connectivity index (χ0v) is 25.1. The molecular formula is C31H45N3O7. The number of primary amides is 1. The number of nitrogens with one attached hydrogen (secondary N) is 2. The number of hydrogen-bond donors (Lipinski definition) is 3. The lowest BCUT2D eigenvalue weighted by atomic mass is 9.86. The van der Waals surface area contributed by atoms with E-state index in [0.29, 0.717) is 19.3 Å². The molecule has 4 N–H and O–H groups in total. The number of allylic oxidation sites excluding steroid dienone is 5. The summed E-state index contributed by atoms with van der Waals surface area (Å²) in [5.41, 5.74) is 5.50. The molecule has 0 radical (unpaired) electrons. The Balaban J connectivity index is 2.69. The van der Waals surface area contributed by atoms with E-state index in [0.717, 1.165) is 5.57 Å². The molecule has 0 fully saturated rings. The van der Waals surface area contributed by atoms with Crippen molar-refractivity contribution in [1.29, 1.82) is 0 Å². The van der Waals surface area contributed by atoms with Crippen molar-refractivity contribution in [3.8, 4) is 0 Å². The average molecular weight is 572 g/mol. The molecule has 41 heavy (non-hydrogen) atoms. The highest BCUT2D eigenvalue weighted by atomic mass is 16.6. The zero-order chi connectivity index (χ0) is 31.0. The third-order valence-corrected chi connectivity index (χ3v) is 6.12. The van der Waals surface area contributed by atoms with Crippen LogP contribution in [0.5, 0.6) is 0 Å². The SMILES string of the molecule is C/C=C\CC(C/C=C\NC(=O)C(NC(=O)\C=C/C=C\C(C)=C\C(C)C1CC=C(OC)C(=O)O1)C(C)(C)C)OC(N)=O. The third-order valence-electron chi connectivity index (χ3n) is 6.12. The maximum absolute atomic E-state index is 12.8. The molecule has 1 heterocycles. The fraction of sp³-hybridized carbons (Fsp3) is 0.484. The monoisotopic (exact) mass is 571 g/mol. The first kappa shape index (κ1) is 34.9. The second-order valence-corrected chi connectivity index (χ2v) is 10.8. The van der Waals surface area contributed by atoms with Crippen molar-refractivity contribution < 1.29 is 33.4 Å². The van der Waals surface area contributed by atoms with Crippen LogP contribution in [0.2, 0.25) is 0 Å². The maximum Gasteiger partial charge on any atom is 0.404 e. The number of hydrogen-bond acceptors (Lipinski definition) is 7. The lowest BCUT2D eigenvalue weighted by molar-refractivity contribution is -0.151. The molecule has 1 aliphatic rings. The van der Waals surface area contributed by atoms with E-state index in [9.17, 15) is 19.2 Å². The van der Waals surface area contributed by atoms with Gasteiger partial charge in [-0.05, 0) is 31.5 Å². The van der Waals surface area contributed by atoms with Gasteiger partial charge in [0.2, 0.25) is 11.8 Å². The summed E-state index contributed by atoms with van der Waals surface area (Å²) in [4.78, 5) is 48.4. The van der Waals surface area contributed by atoms with Gasteiger partial charge in [0.15, 0.2) is 5.76 Å². The fourth-order valence-corrected chi connectivity index (χ4v) is 3.92. The Bertz CT molecular complexity index is 1090. The van der Waals surface area contributed by atoms with Crippen molar-refractivity contribution in [3.05, 3.63) is 72.2 Å². The van der Waals surface area contributed by atoms with Gasteiger partial charge in [0.05, 0.1) is 7.11 Å². The number of esters is 1. The summed E-state index contributed by atoms with van der Waals surface area (Å²) in [7, 11) is 1.44. The molecule has 0 bridgehead atoms. The van der Waals surface area contributed by atoms with Crippen molar-refractivity contribution in [2.45, 2.75) is 79.1 Å². The van der Waals surface area contributed by atoms with E-state index in [-0.39, 0.29) is 23.7 Å². The second-order valence-electron chi connectivity index (χ2n) is 10.8. The van der Waals surface area contributed by atoms with Gasteiger partial charge in [-0.2, -0.15) is 0 Å². The average Bonchev–Trinajstić information content (AvgIpc) is 2.89. The van der Waals surface area contributed by atoms with Crippen molar-refractivity contribution >= 4 is 23.9 Å². The summed E-state index contributed by atoms with van der Waals surface area (Å²) >= 11 is 0. The van der Waals surface area contributed by atoms with Gasteiger partial charge in [-0.25, -0.2) is 9.59 Å². The summed E-state index contributed by atoms with van der Waals surface area (Å²) in [5.74, 6) is -1.05. The Morgan fingerprint density at radius 2 is 1.83 bits per heavy atom. The topological polar surface area (TPSA) is 146 Å². The van der Waals surface area contributed by atoms with Crippen molar-refractivity contribution in [1.82, 2.24) is 10.6 Å². The van der Waals surface area contributed by atoms with Crippen LogP contribution >= 0.6 is 0 Å². The second kappa shape index (κ2) is 17.6. The van der Waals surface area contributed by atoms with Crippen molar-refractivity contribution in [2.75, 3.05) is 7.11 Å². The Labute approximate surface area is 243 Å². The largest absolute Gasteiger partial charge is 0.490 e. The van der Waals surface area contributed by atoms with E-state index in [4.69, 9.17) is 19.9 Å². The minimum Gasteiger partial charge on any atom is -0.490 e. The highest BCUT2D eigenvalue weighted by Gasteiger charge is 2.32. The van der Waals surface area contributed by atoms with Crippen LogP contribution in [-0.4, -0.2) is 49.2 Å². The minimum atomic E-state index is -0.859. The van der Waals surface area contributed by atoms with Gasteiger partial charge in [0, 0.05) is 31.3 Å². The number of nitrogens with two attached hydrogens (primary N) is 1. The quantitative estimate of drug-likeness (QED) is 0.120. The number of amides is 3. The maximum atomic E-state index is 12.8. The number of ether oxygens (including phenoxy) is 3. The third kappa shape index (κ3) is 13.7. The molecular weight excluding hydrogens is 526 g/mol. The first-order valence-corrected chi connectivity index (χ1v) is 13.6. The highest BCUT2D eigenvalue weighted by Crippen LogP contribution is 2.23. The summed E-state index contributed by atoms with van der Waals surface area (Å²) in [5, 5.41) is 5.44. The molecule has 3 amide bonds. The molecule has 0 saturated carbocycles. The standard InChI is InChI=1S/C31H45N3O7/c1-8-9-14-23(40-30(32)38)15-12-19-33-28(36)27(31(4,5)6)34-26(35)16-11-10-13-21(2)20-22(3)24-17-18-25(39-7)29(37)41-24/h8-13,16,18-20,22-24,27H,14-15,17H2,1-7H3,(H2,32,38)(H,33,36)(H,34,35)/b9-8-,13-10-,16-11-,19-12-,21-20+. The molecule has 0 saturated heterocycles. The lowest BCUT2D eigenvalue weighted by Gasteiger charge is -2.29. The van der Waals surface area contributed by atoms with Crippen LogP contribution in [0.4, 0.5) is 4.79 Å². The molecule has 4 atom stereocenters.